The zero-order valence-corrected chi connectivity index (χ0v) is 19.0. The van der Waals surface area contributed by atoms with Crippen LogP contribution in [-0.4, -0.2) is 51.4 Å². The zero-order chi connectivity index (χ0) is 22.1. The van der Waals surface area contributed by atoms with Gasteiger partial charge in [0.25, 0.3) is 0 Å². The molecule has 0 saturated heterocycles. The molecule has 2 aromatic rings. The average Bonchev–Trinajstić information content (AvgIpc) is 2.70. The van der Waals surface area contributed by atoms with Gasteiger partial charge in [-0.3, -0.25) is 4.79 Å². The van der Waals surface area contributed by atoms with Crippen molar-refractivity contribution >= 4 is 27.7 Å². The van der Waals surface area contributed by atoms with Crippen molar-refractivity contribution in [2.45, 2.75) is 30.4 Å². The van der Waals surface area contributed by atoms with Crippen molar-refractivity contribution in [2.75, 3.05) is 26.1 Å². The van der Waals surface area contributed by atoms with E-state index in [1.165, 1.54) is 30.0 Å². The molecule has 2 aromatic carbocycles. The molecule has 2 rings (SSSR count). The third-order valence-corrected chi connectivity index (χ3v) is 6.49. The van der Waals surface area contributed by atoms with Crippen molar-refractivity contribution in [2.24, 2.45) is 0 Å². The Bertz CT molecular complexity index is 935. The van der Waals surface area contributed by atoms with Crippen LogP contribution >= 0.6 is 11.8 Å². The van der Waals surface area contributed by atoms with Gasteiger partial charge in [-0.25, -0.2) is 12.8 Å². The predicted molar refractivity (Wildman–Crippen MR) is 119 cm³/mol. The number of thioether (sulfide) groups is 1. The van der Waals surface area contributed by atoms with Gasteiger partial charge >= 0.3 is 0 Å². The number of benzene rings is 2. The number of hydrogen-bond donors (Lipinski definition) is 2. The Morgan fingerprint density at radius 3 is 2.33 bits per heavy atom. The highest BCUT2D eigenvalue weighted by Crippen LogP contribution is 2.15. The molecule has 0 radical (unpaired) electrons. The molecule has 9 heteroatoms. The highest BCUT2D eigenvalue weighted by Gasteiger charge is 2.27. The Labute approximate surface area is 182 Å². The van der Waals surface area contributed by atoms with Gasteiger partial charge in [-0.2, -0.15) is 16.5 Å². The van der Waals surface area contributed by atoms with E-state index in [0.29, 0.717) is 12.2 Å². The van der Waals surface area contributed by atoms with E-state index >= 15 is 0 Å². The van der Waals surface area contributed by atoms with Crippen molar-refractivity contribution < 1.29 is 17.6 Å². The van der Waals surface area contributed by atoms with Crippen LogP contribution in [-0.2, 0) is 27.9 Å². The molecule has 0 aliphatic heterocycles. The fraction of sp³-hybridized carbons (Fsp3) is 0.381. The average molecular weight is 454 g/mol. The van der Waals surface area contributed by atoms with Crippen molar-refractivity contribution in [3.8, 4) is 0 Å². The lowest BCUT2D eigenvalue weighted by atomic mass is 10.1. The van der Waals surface area contributed by atoms with E-state index in [9.17, 15) is 17.6 Å². The Morgan fingerprint density at radius 2 is 1.73 bits per heavy atom. The van der Waals surface area contributed by atoms with E-state index in [1.807, 2.05) is 44.6 Å². The maximum atomic E-state index is 13.9. The quantitative estimate of drug-likeness (QED) is 0.547. The van der Waals surface area contributed by atoms with Crippen LogP contribution in [0.2, 0.25) is 0 Å². The first-order valence-electron chi connectivity index (χ1n) is 9.49. The Morgan fingerprint density at radius 1 is 1.10 bits per heavy atom. The fourth-order valence-corrected chi connectivity index (χ4v) is 4.61. The van der Waals surface area contributed by atoms with Crippen molar-refractivity contribution in [3.05, 3.63) is 65.5 Å². The molecule has 0 heterocycles. The summed E-state index contributed by atoms with van der Waals surface area (Å²) in [5.41, 5.74) is 2.07. The molecule has 2 N–H and O–H groups in total. The second kappa shape index (κ2) is 11.5. The minimum absolute atomic E-state index is 0.276. The van der Waals surface area contributed by atoms with Gasteiger partial charge in [-0.15, -0.1) is 0 Å². The van der Waals surface area contributed by atoms with Crippen LogP contribution in [0.5, 0.6) is 0 Å². The van der Waals surface area contributed by atoms with E-state index in [-0.39, 0.29) is 6.54 Å². The number of rotatable bonds is 11. The number of nitrogens with one attached hydrogen (secondary N) is 2. The van der Waals surface area contributed by atoms with Crippen LogP contribution in [0.25, 0.3) is 0 Å². The number of amides is 1. The van der Waals surface area contributed by atoms with Crippen LogP contribution in [0, 0.1) is 5.82 Å². The molecule has 1 atom stereocenters. The van der Waals surface area contributed by atoms with Crippen LogP contribution < -0.4 is 10.0 Å². The molecule has 0 fully saturated rings. The number of carbonyl (C=O) groups is 1. The lowest BCUT2D eigenvalue weighted by Gasteiger charge is -2.18. The summed E-state index contributed by atoms with van der Waals surface area (Å²) in [7, 11) is -0.183. The maximum Gasteiger partial charge on any atom is 0.244 e. The van der Waals surface area contributed by atoms with E-state index in [1.54, 1.807) is 0 Å². The first-order valence-corrected chi connectivity index (χ1v) is 12.4. The largest absolute Gasteiger partial charge is 0.351 e. The first kappa shape index (κ1) is 24.3. The van der Waals surface area contributed by atoms with Crippen LogP contribution in [0.15, 0.2) is 53.4 Å². The summed E-state index contributed by atoms with van der Waals surface area (Å²) in [6, 6.07) is 12.0. The molecule has 0 aromatic heterocycles. The topological polar surface area (TPSA) is 78.5 Å². The second-order valence-corrected chi connectivity index (χ2v) is 9.83. The van der Waals surface area contributed by atoms with E-state index in [4.69, 9.17) is 0 Å². The number of halogens is 1. The minimum Gasteiger partial charge on any atom is -0.351 e. The maximum absolute atomic E-state index is 13.9. The van der Waals surface area contributed by atoms with E-state index in [2.05, 4.69) is 14.9 Å². The second-order valence-electron chi connectivity index (χ2n) is 7.16. The summed E-state index contributed by atoms with van der Waals surface area (Å²) in [6.45, 7) is 1.10. The summed E-state index contributed by atoms with van der Waals surface area (Å²) < 4.78 is 41.5. The summed E-state index contributed by atoms with van der Waals surface area (Å²) >= 11 is 1.50. The molecule has 0 aliphatic carbocycles. The van der Waals surface area contributed by atoms with Gasteiger partial charge in [0.05, 0.1) is 0 Å². The zero-order valence-electron chi connectivity index (χ0n) is 17.4. The van der Waals surface area contributed by atoms with Crippen molar-refractivity contribution in [1.29, 1.82) is 0 Å². The Hall–Kier alpha value is -1.94. The molecule has 164 valence electrons. The van der Waals surface area contributed by atoms with Gasteiger partial charge in [-0.05, 0) is 55.8 Å². The molecule has 0 spiro atoms. The number of hydrogen-bond acceptors (Lipinski definition) is 5. The molecular formula is C21H28FN3O3S2. The summed E-state index contributed by atoms with van der Waals surface area (Å²) in [4.78, 5) is 14.3. The van der Waals surface area contributed by atoms with E-state index in [0.717, 1.165) is 23.7 Å². The van der Waals surface area contributed by atoms with Gasteiger partial charge in [-0.1, -0.05) is 36.4 Å². The molecule has 0 saturated carbocycles. The number of nitrogens with zero attached hydrogens (tertiary/aromatic N) is 1. The third-order valence-electron chi connectivity index (χ3n) is 4.34. The number of carbonyl (C=O) groups excluding carboxylic acids is 1. The molecule has 1 amide bonds. The molecule has 1 unspecified atom stereocenters. The van der Waals surface area contributed by atoms with Gasteiger partial charge in [0, 0.05) is 13.1 Å². The van der Waals surface area contributed by atoms with Gasteiger partial charge in [0.15, 0.2) is 0 Å². The molecule has 0 aliphatic rings. The molecule has 0 bridgehead atoms. The molecular weight excluding hydrogens is 425 g/mol. The highest BCUT2D eigenvalue weighted by molar-refractivity contribution is 7.98. The predicted octanol–water partition coefficient (Wildman–Crippen LogP) is 2.60. The lowest BCUT2D eigenvalue weighted by molar-refractivity contribution is -0.122. The summed E-state index contributed by atoms with van der Waals surface area (Å²) in [5.74, 6) is -0.718. The monoisotopic (exact) mass is 453 g/mol. The summed E-state index contributed by atoms with van der Waals surface area (Å²) in [6.07, 6.45) is 2.16. The van der Waals surface area contributed by atoms with Crippen molar-refractivity contribution in [1.82, 2.24) is 14.9 Å². The minimum atomic E-state index is -4.17. The van der Waals surface area contributed by atoms with Crippen LogP contribution in [0.3, 0.4) is 0 Å². The SMILES string of the molecule is CSCCC(NS(=O)(=O)c1ccccc1F)C(=O)NCc1ccc(CN(C)C)cc1. The van der Waals surface area contributed by atoms with E-state index < -0.39 is 32.7 Å². The molecule has 30 heavy (non-hydrogen) atoms. The standard InChI is InChI=1S/C21H28FN3O3S2/c1-25(2)15-17-10-8-16(9-11-17)14-23-21(26)19(12-13-29-3)24-30(27,28)20-7-5-4-6-18(20)22/h4-11,19,24H,12-15H2,1-3H3,(H,23,26). The smallest absolute Gasteiger partial charge is 0.244 e. The highest BCUT2D eigenvalue weighted by atomic mass is 32.2. The number of sulfonamides is 1. The normalized spacial score (nSPS) is 12.7. The van der Waals surface area contributed by atoms with Gasteiger partial charge in [0.1, 0.15) is 16.8 Å². The lowest BCUT2D eigenvalue weighted by Crippen LogP contribution is -2.46. The van der Waals surface area contributed by atoms with Crippen LogP contribution in [0.4, 0.5) is 4.39 Å². The first-order chi connectivity index (χ1) is 14.2. The van der Waals surface area contributed by atoms with Crippen molar-refractivity contribution in [3.63, 3.8) is 0 Å². The van der Waals surface area contributed by atoms with Gasteiger partial charge < -0.3 is 10.2 Å². The fourth-order valence-electron chi connectivity index (χ4n) is 2.83. The summed E-state index contributed by atoms with van der Waals surface area (Å²) in [5, 5.41) is 2.78. The third kappa shape index (κ3) is 7.39. The Kier molecular flexibility index (Phi) is 9.29. The Balaban J connectivity index is 2.05. The van der Waals surface area contributed by atoms with Crippen LogP contribution in [0.1, 0.15) is 17.5 Å². The molecule has 6 nitrogen and oxygen atoms in total. The van der Waals surface area contributed by atoms with Gasteiger partial charge in [0.2, 0.25) is 15.9 Å².